The summed E-state index contributed by atoms with van der Waals surface area (Å²) in [7, 11) is 0. The molecule has 0 fully saturated rings. The Hall–Kier alpha value is -1.55. The monoisotopic (exact) mass is 320 g/mol. The Morgan fingerprint density at radius 2 is 2.05 bits per heavy atom. The Labute approximate surface area is 122 Å². The topological polar surface area (TPSA) is 34.2 Å². The first-order valence-corrected chi connectivity index (χ1v) is 7.11. The van der Waals surface area contributed by atoms with Gasteiger partial charge in [0, 0.05) is 17.1 Å². The van der Waals surface area contributed by atoms with E-state index in [2.05, 4.69) is 33.2 Å². The summed E-state index contributed by atoms with van der Waals surface area (Å²) in [6, 6.07) is 7.87. The van der Waals surface area contributed by atoms with Crippen LogP contribution in [0.25, 0.3) is 0 Å². The van der Waals surface area contributed by atoms with E-state index >= 15 is 0 Å². The smallest absolute Gasteiger partial charge is 0.147 e. The fourth-order valence-electron chi connectivity index (χ4n) is 1.66. The second kappa shape index (κ2) is 6.57. The van der Waals surface area contributed by atoms with E-state index in [1.165, 1.54) is 0 Å². The molecule has 1 aromatic heterocycles. The highest BCUT2D eigenvalue weighted by Crippen LogP contribution is 2.26. The van der Waals surface area contributed by atoms with Gasteiger partial charge < -0.3 is 10.1 Å². The minimum atomic E-state index is 0.739. The van der Waals surface area contributed by atoms with Crippen molar-refractivity contribution in [3.8, 4) is 11.5 Å². The summed E-state index contributed by atoms with van der Waals surface area (Å²) in [5, 5.41) is 3.29. The van der Waals surface area contributed by atoms with Crippen molar-refractivity contribution in [3.05, 3.63) is 46.7 Å². The van der Waals surface area contributed by atoms with Crippen LogP contribution in [0.2, 0.25) is 0 Å². The fourth-order valence-corrected chi connectivity index (χ4v) is 1.90. The van der Waals surface area contributed by atoms with Crippen molar-refractivity contribution in [1.82, 2.24) is 4.98 Å². The molecule has 4 heteroatoms. The zero-order valence-corrected chi connectivity index (χ0v) is 12.7. The van der Waals surface area contributed by atoms with E-state index in [0.717, 1.165) is 40.2 Å². The largest absolute Gasteiger partial charge is 0.456 e. The lowest BCUT2D eigenvalue weighted by Gasteiger charge is -2.09. The van der Waals surface area contributed by atoms with Crippen molar-refractivity contribution in [2.24, 2.45) is 0 Å². The van der Waals surface area contributed by atoms with Gasteiger partial charge in [-0.1, -0.05) is 22.9 Å². The maximum absolute atomic E-state index is 5.81. The molecule has 0 radical (unpaired) electrons. The van der Waals surface area contributed by atoms with Crippen LogP contribution in [0, 0.1) is 6.92 Å². The first-order valence-electron chi connectivity index (χ1n) is 6.32. The van der Waals surface area contributed by atoms with Crippen LogP contribution < -0.4 is 10.1 Å². The molecule has 0 unspecified atom stereocenters. The number of nitrogens with one attached hydrogen (secondary N) is 1. The summed E-state index contributed by atoms with van der Waals surface area (Å²) in [6.45, 7) is 5.10. The standard InChI is InChI=1S/C15H17BrN2O/c1-3-6-18-12-8-14(10-17-9-12)19-13-4-5-15(16)11(2)7-13/h4-5,7-10,18H,3,6H2,1-2H3. The maximum atomic E-state index is 5.81. The predicted octanol–water partition coefficient (Wildman–Crippen LogP) is 4.77. The molecule has 0 saturated carbocycles. The Kier molecular flexibility index (Phi) is 4.80. The van der Waals surface area contributed by atoms with Crippen LogP contribution in [0.5, 0.6) is 11.5 Å². The van der Waals surface area contributed by atoms with Gasteiger partial charge in [0.05, 0.1) is 18.1 Å². The van der Waals surface area contributed by atoms with Crippen LogP contribution in [-0.4, -0.2) is 11.5 Å². The van der Waals surface area contributed by atoms with E-state index in [1.807, 2.05) is 31.2 Å². The first-order chi connectivity index (χ1) is 9.19. The Balaban J connectivity index is 2.11. The molecule has 0 amide bonds. The van der Waals surface area contributed by atoms with Crippen molar-refractivity contribution in [3.63, 3.8) is 0 Å². The van der Waals surface area contributed by atoms with E-state index in [0.29, 0.717) is 0 Å². The molecule has 19 heavy (non-hydrogen) atoms. The lowest BCUT2D eigenvalue weighted by Crippen LogP contribution is -2.00. The quantitative estimate of drug-likeness (QED) is 0.861. The number of ether oxygens (including phenoxy) is 1. The van der Waals surface area contributed by atoms with E-state index in [-0.39, 0.29) is 0 Å². The highest BCUT2D eigenvalue weighted by molar-refractivity contribution is 9.10. The van der Waals surface area contributed by atoms with Gasteiger partial charge in [0.2, 0.25) is 0 Å². The lowest BCUT2D eigenvalue weighted by molar-refractivity contribution is 0.480. The first kappa shape index (κ1) is 13.9. The minimum absolute atomic E-state index is 0.739. The Morgan fingerprint density at radius 1 is 1.21 bits per heavy atom. The molecule has 1 N–H and O–H groups in total. The highest BCUT2D eigenvalue weighted by atomic mass is 79.9. The zero-order valence-electron chi connectivity index (χ0n) is 11.1. The van der Waals surface area contributed by atoms with E-state index in [9.17, 15) is 0 Å². The molecule has 0 atom stereocenters. The van der Waals surface area contributed by atoms with Gasteiger partial charge in [-0.3, -0.25) is 4.98 Å². The van der Waals surface area contributed by atoms with Crippen LogP contribution in [0.15, 0.2) is 41.1 Å². The fraction of sp³-hybridized carbons (Fsp3) is 0.267. The van der Waals surface area contributed by atoms with Gasteiger partial charge in [-0.15, -0.1) is 0 Å². The molecular formula is C15H17BrN2O. The number of aromatic nitrogens is 1. The molecule has 0 bridgehead atoms. The van der Waals surface area contributed by atoms with Crippen LogP contribution in [0.1, 0.15) is 18.9 Å². The minimum Gasteiger partial charge on any atom is -0.456 e. The summed E-state index contributed by atoms with van der Waals surface area (Å²) < 4.78 is 6.89. The van der Waals surface area contributed by atoms with Crippen LogP contribution in [0.4, 0.5) is 5.69 Å². The third kappa shape index (κ3) is 3.96. The highest BCUT2D eigenvalue weighted by Gasteiger charge is 2.02. The van der Waals surface area contributed by atoms with Gasteiger partial charge in [0.25, 0.3) is 0 Å². The van der Waals surface area contributed by atoms with Gasteiger partial charge >= 0.3 is 0 Å². The van der Waals surface area contributed by atoms with Crippen LogP contribution in [-0.2, 0) is 0 Å². The van der Waals surface area contributed by atoms with Crippen molar-refractivity contribution in [2.45, 2.75) is 20.3 Å². The number of pyridine rings is 1. The third-order valence-corrected chi connectivity index (χ3v) is 3.55. The molecule has 0 saturated heterocycles. The number of halogens is 1. The zero-order chi connectivity index (χ0) is 13.7. The van der Waals surface area contributed by atoms with Crippen LogP contribution >= 0.6 is 15.9 Å². The molecule has 0 aliphatic rings. The predicted molar refractivity (Wildman–Crippen MR) is 82.0 cm³/mol. The van der Waals surface area contributed by atoms with Crippen molar-refractivity contribution < 1.29 is 4.74 Å². The van der Waals surface area contributed by atoms with E-state index in [1.54, 1.807) is 12.4 Å². The number of hydrogen-bond acceptors (Lipinski definition) is 3. The van der Waals surface area contributed by atoms with Gasteiger partial charge in [0.1, 0.15) is 11.5 Å². The molecule has 1 heterocycles. The van der Waals surface area contributed by atoms with Gasteiger partial charge in [-0.25, -0.2) is 0 Å². The molecule has 2 aromatic rings. The molecule has 2 rings (SSSR count). The van der Waals surface area contributed by atoms with Gasteiger partial charge in [-0.2, -0.15) is 0 Å². The average Bonchev–Trinajstić information content (AvgIpc) is 2.41. The van der Waals surface area contributed by atoms with Crippen molar-refractivity contribution in [1.29, 1.82) is 0 Å². The lowest BCUT2D eigenvalue weighted by atomic mass is 10.2. The molecule has 3 nitrogen and oxygen atoms in total. The summed E-state index contributed by atoms with van der Waals surface area (Å²) in [6.07, 6.45) is 4.60. The average molecular weight is 321 g/mol. The van der Waals surface area contributed by atoms with Crippen molar-refractivity contribution >= 4 is 21.6 Å². The molecule has 100 valence electrons. The Bertz CT molecular complexity index is 558. The maximum Gasteiger partial charge on any atom is 0.147 e. The number of benzene rings is 1. The molecular weight excluding hydrogens is 304 g/mol. The summed E-state index contributed by atoms with van der Waals surface area (Å²) in [4.78, 5) is 4.18. The van der Waals surface area contributed by atoms with Gasteiger partial charge in [0.15, 0.2) is 0 Å². The van der Waals surface area contributed by atoms with Crippen molar-refractivity contribution in [2.75, 3.05) is 11.9 Å². The number of aryl methyl sites for hydroxylation is 1. The SMILES string of the molecule is CCCNc1cncc(Oc2ccc(Br)c(C)c2)c1. The molecule has 0 aliphatic heterocycles. The summed E-state index contributed by atoms with van der Waals surface area (Å²) >= 11 is 3.48. The number of anilines is 1. The van der Waals surface area contributed by atoms with E-state index < -0.39 is 0 Å². The number of rotatable bonds is 5. The normalized spacial score (nSPS) is 10.3. The molecule has 0 spiro atoms. The number of nitrogens with zero attached hydrogens (tertiary/aromatic N) is 1. The van der Waals surface area contributed by atoms with E-state index in [4.69, 9.17) is 4.74 Å². The summed E-state index contributed by atoms with van der Waals surface area (Å²) in [5.41, 5.74) is 2.12. The Morgan fingerprint density at radius 3 is 2.79 bits per heavy atom. The molecule has 1 aromatic carbocycles. The second-order valence-electron chi connectivity index (χ2n) is 4.35. The van der Waals surface area contributed by atoms with Gasteiger partial charge in [-0.05, 0) is 37.1 Å². The van der Waals surface area contributed by atoms with Crippen LogP contribution in [0.3, 0.4) is 0 Å². The summed E-state index contributed by atoms with van der Waals surface area (Å²) in [5.74, 6) is 1.55. The third-order valence-electron chi connectivity index (χ3n) is 2.66. The molecule has 0 aliphatic carbocycles. The number of hydrogen-bond donors (Lipinski definition) is 1. The second-order valence-corrected chi connectivity index (χ2v) is 5.20.